The van der Waals surface area contributed by atoms with Gasteiger partial charge in [-0.15, -0.1) is 10.2 Å². The minimum absolute atomic E-state index is 0.270. The predicted octanol–water partition coefficient (Wildman–Crippen LogP) is 3.06. The monoisotopic (exact) mass is 339 g/mol. The van der Waals surface area contributed by atoms with E-state index in [1.54, 1.807) is 7.11 Å². The van der Waals surface area contributed by atoms with Gasteiger partial charge < -0.3 is 18.7 Å². The molecule has 0 saturated carbocycles. The highest BCUT2D eigenvalue weighted by Gasteiger charge is 2.17. The zero-order valence-electron chi connectivity index (χ0n) is 13.9. The van der Waals surface area contributed by atoms with Crippen molar-refractivity contribution in [1.82, 2.24) is 10.2 Å². The Hall–Kier alpha value is -3.35. The third-order valence-electron chi connectivity index (χ3n) is 3.47. The molecule has 1 heterocycles. The zero-order chi connectivity index (χ0) is 17.5. The topological polar surface area (TPSA) is 79.0 Å². The summed E-state index contributed by atoms with van der Waals surface area (Å²) in [5, 5.41) is 11.6. The summed E-state index contributed by atoms with van der Waals surface area (Å²) in [6, 6.07) is 15.1. The number of methoxy groups -OCH3 is 1. The molecule has 128 valence electrons. The molecule has 3 rings (SSSR count). The van der Waals surface area contributed by atoms with E-state index in [0.717, 1.165) is 11.1 Å². The van der Waals surface area contributed by atoms with E-state index in [9.17, 15) is 0 Å². The van der Waals surface area contributed by atoms with Crippen LogP contribution in [0.1, 0.15) is 17.0 Å². The summed E-state index contributed by atoms with van der Waals surface area (Å²) < 4.78 is 16.5. The van der Waals surface area contributed by atoms with Crippen molar-refractivity contribution in [2.45, 2.75) is 6.61 Å². The van der Waals surface area contributed by atoms with Crippen LogP contribution < -0.4 is 9.47 Å². The van der Waals surface area contributed by atoms with Crippen LogP contribution in [0.25, 0.3) is 0 Å². The van der Waals surface area contributed by atoms with Gasteiger partial charge in [0, 0.05) is 5.56 Å². The van der Waals surface area contributed by atoms with Gasteiger partial charge in [-0.1, -0.05) is 41.6 Å². The molecule has 0 fully saturated rings. The van der Waals surface area contributed by atoms with Gasteiger partial charge in [-0.25, -0.2) is 0 Å². The molecule has 0 spiro atoms. The maximum atomic E-state index is 5.91. The Kier molecular flexibility index (Phi) is 5.26. The van der Waals surface area contributed by atoms with E-state index in [1.165, 1.54) is 13.5 Å². The van der Waals surface area contributed by atoms with Crippen molar-refractivity contribution in [3.05, 3.63) is 71.9 Å². The minimum atomic E-state index is 0.270. The maximum Gasteiger partial charge on any atom is 0.270 e. The number of oxime groups is 1. The molecule has 0 saturated heterocycles. The number of para-hydroxylation sites is 2. The first-order valence-corrected chi connectivity index (χ1v) is 7.55. The Labute approximate surface area is 144 Å². The average molecular weight is 339 g/mol. The second-order valence-corrected chi connectivity index (χ2v) is 4.96. The first kappa shape index (κ1) is 16.5. The van der Waals surface area contributed by atoms with E-state index in [1.807, 2.05) is 48.5 Å². The standard InChI is InChI=1S/C18H17N3O4/c1-22-15-9-5-6-10-16(15)24-11-13-7-3-4-8-14(13)17(21-23-2)18-20-19-12-25-18/h3-10,12H,11H2,1-2H3/b21-17+. The van der Waals surface area contributed by atoms with Crippen LogP contribution in [0.5, 0.6) is 11.5 Å². The molecule has 0 N–H and O–H groups in total. The zero-order valence-corrected chi connectivity index (χ0v) is 13.9. The van der Waals surface area contributed by atoms with Gasteiger partial charge in [0.1, 0.15) is 13.7 Å². The molecule has 0 amide bonds. The Morgan fingerprint density at radius 1 is 1.04 bits per heavy atom. The molecule has 0 aliphatic rings. The normalized spacial score (nSPS) is 11.2. The molecule has 0 radical (unpaired) electrons. The van der Waals surface area contributed by atoms with E-state index in [0.29, 0.717) is 23.8 Å². The molecule has 3 aromatic rings. The largest absolute Gasteiger partial charge is 0.493 e. The number of hydrogen-bond acceptors (Lipinski definition) is 7. The van der Waals surface area contributed by atoms with Crippen molar-refractivity contribution in [2.24, 2.45) is 5.16 Å². The van der Waals surface area contributed by atoms with Crippen LogP contribution in [0, 0.1) is 0 Å². The number of nitrogens with zero attached hydrogens (tertiary/aromatic N) is 3. The van der Waals surface area contributed by atoms with Crippen LogP contribution in [-0.2, 0) is 11.4 Å². The van der Waals surface area contributed by atoms with Crippen LogP contribution in [0.15, 0.2) is 64.5 Å². The van der Waals surface area contributed by atoms with Crippen LogP contribution in [0.4, 0.5) is 0 Å². The summed E-state index contributed by atoms with van der Waals surface area (Å²) in [6.45, 7) is 0.313. The highest BCUT2D eigenvalue weighted by Crippen LogP contribution is 2.27. The first-order chi connectivity index (χ1) is 12.3. The van der Waals surface area contributed by atoms with E-state index in [4.69, 9.17) is 18.7 Å². The van der Waals surface area contributed by atoms with Gasteiger partial charge in [0.25, 0.3) is 5.89 Å². The average Bonchev–Trinajstić information content (AvgIpc) is 3.19. The van der Waals surface area contributed by atoms with Crippen LogP contribution >= 0.6 is 0 Å². The third kappa shape index (κ3) is 3.77. The van der Waals surface area contributed by atoms with Crippen molar-refractivity contribution in [1.29, 1.82) is 0 Å². The van der Waals surface area contributed by atoms with E-state index in [2.05, 4.69) is 15.4 Å². The fourth-order valence-corrected chi connectivity index (χ4v) is 2.34. The van der Waals surface area contributed by atoms with Gasteiger partial charge in [-0.05, 0) is 17.7 Å². The molecule has 0 bridgehead atoms. The SMILES string of the molecule is CO/N=C(/c1nnco1)c1ccccc1COc1ccccc1OC. The minimum Gasteiger partial charge on any atom is -0.493 e. The number of aromatic nitrogens is 2. The molecule has 1 aromatic heterocycles. The van der Waals surface area contributed by atoms with Crippen molar-refractivity contribution in [3.63, 3.8) is 0 Å². The Morgan fingerprint density at radius 3 is 2.52 bits per heavy atom. The summed E-state index contributed by atoms with van der Waals surface area (Å²) >= 11 is 0. The second-order valence-electron chi connectivity index (χ2n) is 4.96. The Morgan fingerprint density at radius 2 is 1.80 bits per heavy atom. The number of rotatable bonds is 7. The highest BCUT2D eigenvalue weighted by molar-refractivity contribution is 6.10. The van der Waals surface area contributed by atoms with Crippen molar-refractivity contribution < 1.29 is 18.7 Å². The molecule has 0 atom stereocenters. The Bertz CT molecular complexity index is 847. The quantitative estimate of drug-likeness (QED) is 0.486. The van der Waals surface area contributed by atoms with Gasteiger partial charge >= 0.3 is 0 Å². The van der Waals surface area contributed by atoms with Crippen molar-refractivity contribution in [2.75, 3.05) is 14.2 Å². The Balaban J connectivity index is 1.89. The van der Waals surface area contributed by atoms with Crippen LogP contribution in [0.3, 0.4) is 0 Å². The lowest BCUT2D eigenvalue weighted by molar-refractivity contribution is 0.213. The van der Waals surface area contributed by atoms with Gasteiger partial charge in [0.2, 0.25) is 6.39 Å². The van der Waals surface area contributed by atoms with Gasteiger partial charge in [0.05, 0.1) is 7.11 Å². The van der Waals surface area contributed by atoms with E-state index < -0.39 is 0 Å². The summed E-state index contributed by atoms with van der Waals surface area (Å²) in [5.41, 5.74) is 2.12. The summed E-state index contributed by atoms with van der Waals surface area (Å²) in [7, 11) is 3.07. The number of hydrogen-bond donors (Lipinski definition) is 0. The molecule has 7 nitrogen and oxygen atoms in total. The lowest BCUT2D eigenvalue weighted by atomic mass is 10.0. The maximum absolute atomic E-state index is 5.91. The molecule has 25 heavy (non-hydrogen) atoms. The fraction of sp³-hybridized carbons (Fsp3) is 0.167. The molecule has 0 aliphatic carbocycles. The molecular weight excluding hydrogens is 322 g/mol. The van der Waals surface area contributed by atoms with Gasteiger partial charge in [0.15, 0.2) is 17.2 Å². The molecular formula is C18H17N3O4. The first-order valence-electron chi connectivity index (χ1n) is 7.55. The fourth-order valence-electron chi connectivity index (χ4n) is 2.34. The van der Waals surface area contributed by atoms with Gasteiger partial charge in [-0.3, -0.25) is 0 Å². The molecule has 7 heteroatoms. The summed E-state index contributed by atoms with van der Waals surface area (Å²) in [6.07, 6.45) is 1.24. The van der Waals surface area contributed by atoms with Crippen LogP contribution in [-0.4, -0.2) is 30.1 Å². The summed E-state index contributed by atoms with van der Waals surface area (Å²) in [5.74, 6) is 1.59. The number of benzene rings is 2. The van der Waals surface area contributed by atoms with Crippen molar-refractivity contribution in [3.8, 4) is 11.5 Å². The molecule has 2 aromatic carbocycles. The summed E-state index contributed by atoms with van der Waals surface area (Å²) in [4.78, 5) is 4.94. The van der Waals surface area contributed by atoms with Gasteiger partial charge in [-0.2, -0.15) is 0 Å². The second kappa shape index (κ2) is 7.96. The smallest absolute Gasteiger partial charge is 0.270 e. The number of ether oxygens (including phenoxy) is 2. The third-order valence-corrected chi connectivity index (χ3v) is 3.47. The van der Waals surface area contributed by atoms with Crippen LogP contribution in [0.2, 0.25) is 0 Å². The molecule has 0 unspecified atom stereocenters. The lowest BCUT2D eigenvalue weighted by Gasteiger charge is -2.13. The van der Waals surface area contributed by atoms with E-state index in [-0.39, 0.29) is 5.89 Å². The lowest BCUT2D eigenvalue weighted by Crippen LogP contribution is -2.10. The van der Waals surface area contributed by atoms with Crippen molar-refractivity contribution >= 4 is 5.71 Å². The highest BCUT2D eigenvalue weighted by atomic mass is 16.6. The molecule has 0 aliphatic heterocycles. The van der Waals surface area contributed by atoms with E-state index >= 15 is 0 Å². The predicted molar refractivity (Wildman–Crippen MR) is 90.7 cm³/mol.